The number of aliphatic hydroxyl groups is 1. The van der Waals surface area contributed by atoms with Crippen molar-refractivity contribution in [2.75, 3.05) is 12.4 Å². The summed E-state index contributed by atoms with van der Waals surface area (Å²) in [5.74, 6) is -0.0539. The molecule has 3 saturated carbocycles. The summed E-state index contributed by atoms with van der Waals surface area (Å²) in [7, 11) is 0. The van der Waals surface area contributed by atoms with E-state index in [0.29, 0.717) is 32.1 Å². The van der Waals surface area contributed by atoms with E-state index >= 15 is 0 Å². The molecule has 4 aliphatic rings. The Labute approximate surface area is 218 Å². The second kappa shape index (κ2) is 10.2. The molecule has 2 bridgehead atoms. The van der Waals surface area contributed by atoms with E-state index in [1.807, 2.05) is 18.2 Å². The SMILES string of the molecule is O=C(COc1ccc(Cl)c(F)c1)NC12CCC(NC(=O)C3NC(c4ccccc4)CS3)(CC1)C[C@@H]2O. The minimum atomic E-state index is -0.793. The average Bonchev–Trinajstić information content (AvgIpc) is 3.37. The molecule has 4 N–H and O–H groups in total. The molecule has 0 spiro atoms. The van der Waals surface area contributed by atoms with E-state index < -0.39 is 23.0 Å². The minimum Gasteiger partial charge on any atom is -0.484 e. The van der Waals surface area contributed by atoms with Gasteiger partial charge in [-0.15, -0.1) is 11.8 Å². The Kier molecular flexibility index (Phi) is 7.18. The number of rotatable bonds is 7. The molecule has 1 saturated heterocycles. The fourth-order valence-electron chi connectivity index (χ4n) is 5.52. The van der Waals surface area contributed by atoms with E-state index in [0.717, 1.165) is 17.4 Å². The lowest BCUT2D eigenvalue weighted by molar-refractivity contribution is -0.136. The molecule has 192 valence electrons. The van der Waals surface area contributed by atoms with Crippen LogP contribution in [0, 0.1) is 5.82 Å². The van der Waals surface area contributed by atoms with Crippen LogP contribution in [0.3, 0.4) is 0 Å². The molecule has 0 radical (unpaired) electrons. The fraction of sp³-hybridized carbons (Fsp3) is 0.462. The molecular weight excluding hydrogens is 505 g/mol. The molecule has 0 aromatic heterocycles. The molecule has 2 aromatic rings. The van der Waals surface area contributed by atoms with E-state index in [4.69, 9.17) is 16.3 Å². The van der Waals surface area contributed by atoms with E-state index in [9.17, 15) is 19.1 Å². The first-order valence-corrected chi connectivity index (χ1v) is 13.5. The minimum absolute atomic E-state index is 0.0212. The van der Waals surface area contributed by atoms with E-state index in [2.05, 4.69) is 28.1 Å². The van der Waals surface area contributed by atoms with Crippen LogP contribution in [0.1, 0.15) is 43.7 Å². The maximum absolute atomic E-state index is 13.6. The van der Waals surface area contributed by atoms with Crippen molar-refractivity contribution in [1.82, 2.24) is 16.0 Å². The van der Waals surface area contributed by atoms with Gasteiger partial charge in [-0.3, -0.25) is 14.9 Å². The Bertz CT molecular complexity index is 1130. The molecule has 2 amide bonds. The van der Waals surface area contributed by atoms with Gasteiger partial charge in [-0.05, 0) is 49.8 Å². The standard InChI is InChI=1S/C26H29ClFN3O4S/c27-18-7-6-17(12-19(18)28)35-14-22(33)30-26-10-8-25(9-11-26,13-21(26)32)31-23(34)24-29-20(15-36-24)16-4-2-1-3-5-16/h1-7,12,20-21,24,29,32H,8-11,13-15H2,(H,30,33)(H,31,34)/t20?,21-,24?,25?,26?/m0/s1. The van der Waals surface area contributed by atoms with Crippen LogP contribution in [0.15, 0.2) is 48.5 Å². The highest BCUT2D eigenvalue weighted by atomic mass is 35.5. The quantitative estimate of drug-likeness (QED) is 0.436. The third kappa shape index (κ3) is 5.20. The number of nitrogens with one attached hydrogen (secondary N) is 3. The van der Waals surface area contributed by atoms with Gasteiger partial charge in [0.1, 0.15) is 16.9 Å². The Morgan fingerprint density at radius 2 is 1.89 bits per heavy atom. The normalized spacial score (nSPS) is 31.1. The van der Waals surface area contributed by atoms with Crippen molar-refractivity contribution < 1.29 is 23.8 Å². The van der Waals surface area contributed by atoms with Gasteiger partial charge in [-0.2, -0.15) is 0 Å². The Hall–Kier alpha value is -2.33. The van der Waals surface area contributed by atoms with Gasteiger partial charge in [0.15, 0.2) is 6.61 Å². The second-order valence-electron chi connectivity index (χ2n) is 9.90. The number of fused-ring (bicyclic) bond motifs is 3. The van der Waals surface area contributed by atoms with Crippen LogP contribution in [0.2, 0.25) is 5.02 Å². The van der Waals surface area contributed by atoms with Gasteiger partial charge in [-0.25, -0.2) is 4.39 Å². The van der Waals surface area contributed by atoms with E-state index in [-0.39, 0.29) is 40.6 Å². The lowest BCUT2D eigenvalue weighted by Crippen LogP contribution is -2.71. The zero-order valence-electron chi connectivity index (χ0n) is 19.6. The summed E-state index contributed by atoms with van der Waals surface area (Å²) in [6.07, 6.45) is 2.01. The lowest BCUT2D eigenvalue weighted by atomic mass is 9.60. The van der Waals surface area contributed by atoms with Crippen LogP contribution in [-0.4, -0.2) is 51.8 Å². The summed E-state index contributed by atoms with van der Waals surface area (Å²) in [5.41, 5.74) is -0.0699. The maximum atomic E-state index is 13.6. The first kappa shape index (κ1) is 25.3. The molecule has 10 heteroatoms. The summed E-state index contributed by atoms with van der Waals surface area (Å²) >= 11 is 7.26. The molecule has 2 unspecified atom stereocenters. The van der Waals surface area contributed by atoms with E-state index in [1.54, 1.807) is 11.8 Å². The van der Waals surface area contributed by atoms with Crippen LogP contribution in [0.4, 0.5) is 4.39 Å². The van der Waals surface area contributed by atoms with Crippen LogP contribution in [0.5, 0.6) is 5.75 Å². The third-order valence-electron chi connectivity index (χ3n) is 7.58. The first-order valence-electron chi connectivity index (χ1n) is 12.1. The summed E-state index contributed by atoms with van der Waals surface area (Å²) in [5, 5.41) is 20.2. The van der Waals surface area contributed by atoms with Crippen LogP contribution >= 0.6 is 23.4 Å². The second-order valence-corrected chi connectivity index (χ2v) is 11.4. The zero-order chi connectivity index (χ0) is 25.3. The highest BCUT2D eigenvalue weighted by Gasteiger charge is 2.55. The number of hydrogen-bond acceptors (Lipinski definition) is 6. The van der Waals surface area contributed by atoms with Crippen LogP contribution in [-0.2, 0) is 9.59 Å². The summed E-state index contributed by atoms with van der Waals surface area (Å²) in [6.45, 7) is -0.301. The van der Waals surface area contributed by atoms with Crippen molar-refractivity contribution in [2.45, 2.75) is 60.7 Å². The molecule has 3 aliphatic carbocycles. The van der Waals surface area contributed by atoms with Gasteiger partial charge in [0, 0.05) is 23.4 Å². The van der Waals surface area contributed by atoms with E-state index in [1.165, 1.54) is 12.1 Å². The van der Waals surface area contributed by atoms with Gasteiger partial charge in [-0.1, -0.05) is 41.9 Å². The molecule has 7 nitrogen and oxygen atoms in total. The molecule has 6 rings (SSSR count). The van der Waals surface area contributed by atoms with Crippen molar-refractivity contribution in [3.05, 3.63) is 64.9 Å². The predicted octanol–water partition coefficient (Wildman–Crippen LogP) is 3.31. The van der Waals surface area contributed by atoms with Gasteiger partial charge < -0.3 is 20.5 Å². The number of ether oxygens (including phenoxy) is 1. The van der Waals surface area contributed by atoms with Gasteiger partial charge in [0.05, 0.1) is 16.7 Å². The number of benzene rings is 2. The van der Waals surface area contributed by atoms with Crippen LogP contribution in [0.25, 0.3) is 0 Å². The van der Waals surface area contributed by atoms with Crippen molar-refractivity contribution in [3.63, 3.8) is 0 Å². The smallest absolute Gasteiger partial charge is 0.258 e. The highest BCUT2D eigenvalue weighted by Crippen LogP contribution is 2.47. The monoisotopic (exact) mass is 533 g/mol. The number of halogens is 2. The van der Waals surface area contributed by atoms with Gasteiger partial charge in [0.25, 0.3) is 5.91 Å². The molecule has 2 aromatic carbocycles. The summed E-state index contributed by atoms with van der Waals surface area (Å²) in [4.78, 5) is 25.7. The molecule has 1 heterocycles. The molecular formula is C26H29ClFN3O4S. The number of thioether (sulfide) groups is 1. The average molecular weight is 534 g/mol. The molecule has 36 heavy (non-hydrogen) atoms. The summed E-state index contributed by atoms with van der Waals surface area (Å²) < 4.78 is 19.0. The zero-order valence-corrected chi connectivity index (χ0v) is 21.2. The number of amides is 2. The third-order valence-corrected chi connectivity index (χ3v) is 9.10. The topological polar surface area (TPSA) is 99.7 Å². The van der Waals surface area contributed by atoms with Crippen molar-refractivity contribution in [1.29, 1.82) is 0 Å². The van der Waals surface area contributed by atoms with Crippen molar-refractivity contribution in [2.24, 2.45) is 0 Å². The lowest BCUT2D eigenvalue weighted by Gasteiger charge is -2.56. The van der Waals surface area contributed by atoms with Gasteiger partial charge in [0.2, 0.25) is 5.91 Å². The largest absolute Gasteiger partial charge is 0.484 e. The fourth-order valence-corrected chi connectivity index (χ4v) is 6.78. The Morgan fingerprint density at radius 3 is 2.58 bits per heavy atom. The number of carbonyl (C=O) groups is 2. The van der Waals surface area contributed by atoms with Gasteiger partial charge >= 0.3 is 0 Å². The molecule has 1 aliphatic heterocycles. The summed E-state index contributed by atoms with van der Waals surface area (Å²) in [6, 6.07) is 14.2. The number of carbonyl (C=O) groups excluding carboxylic acids is 2. The van der Waals surface area contributed by atoms with Crippen LogP contribution < -0.4 is 20.7 Å². The Balaban J connectivity index is 1.13. The van der Waals surface area contributed by atoms with Crippen molar-refractivity contribution in [3.8, 4) is 5.75 Å². The maximum Gasteiger partial charge on any atom is 0.258 e. The first-order chi connectivity index (χ1) is 17.3. The highest BCUT2D eigenvalue weighted by molar-refractivity contribution is 8.00. The van der Waals surface area contributed by atoms with Crippen molar-refractivity contribution >= 4 is 35.2 Å². The number of aliphatic hydroxyl groups excluding tert-OH is 1. The predicted molar refractivity (Wildman–Crippen MR) is 136 cm³/mol. The number of hydrogen-bond donors (Lipinski definition) is 4. The Morgan fingerprint density at radius 1 is 1.14 bits per heavy atom. The molecule has 4 fully saturated rings. The molecule has 3 atom stereocenters.